The third-order valence-corrected chi connectivity index (χ3v) is 5.03. The molecule has 1 atom stereocenters. The van der Waals surface area contributed by atoms with E-state index < -0.39 is 10.0 Å². The summed E-state index contributed by atoms with van der Waals surface area (Å²) in [6.07, 6.45) is 1.13. The fourth-order valence-corrected chi connectivity index (χ4v) is 3.06. The molecule has 1 N–H and O–H groups in total. The van der Waals surface area contributed by atoms with Crippen molar-refractivity contribution in [3.8, 4) is 0 Å². The van der Waals surface area contributed by atoms with Crippen LogP contribution in [0.5, 0.6) is 0 Å². The van der Waals surface area contributed by atoms with Gasteiger partial charge in [-0.25, -0.2) is 8.42 Å². The van der Waals surface area contributed by atoms with E-state index in [1.54, 1.807) is 12.1 Å². The normalized spacial score (nSPS) is 13.2. The molecule has 0 aromatic heterocycles. The Morgan fingerprint density at radius 3 is 2.17 bits per heavy atom. The van der Waals surface area contributed by atoms with Crippen LogP contribution in [-0.4, -0.2) is 33.2 Å². The van der Waals surface area contributed by atoms with Crippen molar-refractivity contribution in [2.75, 3.05) is 17.1 Å². The predicted molar refractivity (Wildman–Crippen MR) is 95.2 cm³/mol. The highest BCUT2D eigenvalue weighted by Crippen LogP contribution is 2.28. The van der Waals surface area contributed by atoms with Gasteiger partial charge in [0.2, 0.25) is 15.9 Å². The molecule has 0 radical (unpaired) electrons. The molecule has 1 amide bonds. The van der Waals surface area contributed by atoms with Crippen LogP contribution >= 0.6 is 0 Å². The van der Waals surface area contributed by atoms with Crippen LogP contribution in [0, 0.1) is 5.92 Å². The van der Waals surface area contributed by atoms with Crippen LogP contribution < -0.4 is 9.62 Å². The molecule has 5 nitrogen and oxygen atoms in total. The number of anilines is 1. The van der Waals surface area contributed by atoms with Gasteiger partial charge in [-0.3, -0.25) is 9.10 Å². The molecule has 0 saturated heterocycles. The van der Waals surface area contributed by atoms with Gasteiger partial charge in [-0.05, 0) is 30.4 Å². The number of hydrogen-bond donors (Lipinski definition) is 1. The van der Waals surface area contributed by atoms with Crippen molar-refractivity contribution in [2.24, 2.45) is 5.92 Å². The summed E-state index contributed by atoms with van der Waals surface area (Å²) >= 11 is 0. The second-order valence-corrected chi connectivity index (χ2v) is 8.49. The molecule has 1 aromatic rings. The number of carbonyl (C=O) groups excluding carboxylic acids is 1. The second-order valence-electron chi connectivity index (χ2n) is 6.58. The van der Waals surface area contributed by atoms with Gasteiger partial charge < -0.3 is 5.32 Å². The Hall–Kier alpha value is -1.56. The molecule has 0 aliphatic carbocycles. The average molecular weight is 340 g/mol. The molecule has 130 valence electrons. The molecule has 1 aromatic carbocycles. The number of nitrogens with one attached hydrogen (secondary N) is 1. The summed E-state index contributed by atoms with van der Waals surface area (Å²) < 4.78 is 25.6. The molecule has 0 spiro atoms. The Labute approximate surface area is 140 Å². The highest BCUT2D eigenvalue weighted by molar-refractivity contribution is 7.92. The number of carbonyl (C=O) groups is 1. The standard InChI is InChI=1S/C17H28N2O3S/c1-12(2)14(5)18-17(20)11-19(23(6,21)22)16-10-8-7-9-15(16)13(3)4/h7-10,12-14H,11H2,1-6H3,(H,18,20)/t14-/m1/s1. The molecule has 0 aliphatic rings. The van der Waals surface area contributed by atoms with Gasteiger partial charge in [-0.2, -0.15) is 0 Å². The van der Waals surface area contributed by atoms with Crippen molar-refractivity contribution in [3.05, 3.63) is 29.8 Å². The quantitative estimate of drug-likeness (QED) is 0.830. The zero-order chi connectivity index (χ0) is 17.8. The van der Waals surface area contributed by atoms with Crippen LogP contribution in [0.15, 0.2) is 24.3 Å². The van der Waals surface area contributed by atoms with Gasteiger partial charge in [0, 0.05) is 6.04 Å². The minimum absolute atomic E-state index is 0.00995. The maximum absolute atomic E-state index is 12.3. The summed E-state index contributed by atoms with van der Waals surface area (Å²) in [5.74, 6) is 0.150. The van der Waals surface area contributed by atoms with Gasteiger partial charge in [0.25, 0.3) is 0 Å². The SMILES string of the molecule is CC(C)c1ccccc1N(CC(=O)N[C@H](C)C(C)C)S(C)(=O)=O. The summed E-state index contributed by atoms with van der Waals surface area (Å²) in [5.41, 5.74) is 1.47. The van der Waals surface area contributed by atoms with E-state index in [1.807, 2.05) is 46.8 Å². The molecule has 0 fully saturated rings. The largest absolute Gasteiger partial charge is 0.352 e. The monoisotopic (exact) mass is 340 g/mol. The van der Waals surface area contributed by atoms with E-state index in [2.05, 4.69) is 5.32 Å². The lowest BCUT2D eigenvalue weighted by molar-refractivity contribution is -0.120. The van der Waals surface area contributed by atoms with E-state index in [4.69, 9.17) is 0 Å². The Morgan fingerprint density at radius 2 is 1.70 bits per heavy atom. The molecule has 0 unspecified atom stereocenters. The van der Waals surface area contributed by atoms with E-state index in [-0.39, 0.29) is 30.3 Å². The van der Waals surface area contributed by atoms with Crippen LogP contribution in [0.3, 0.4) is 0 Å². The Balaban J connectivity index is 3.11. The first-order valence-corrected chi connectivity index (χ1v) is 9.74. The smallest absolute Gasteiger partial charge is 0.240 e. The van der Waals surface area contributed by atoms with E-state index in [1.165, 1.54) is 4.31 Å². The lowest BCUT2D eigenvalue weighted by Crippen LogP contribution is -2.45. The number of sulfonamides is 1. The van der Waals surface area contributed by atoms with Gasteiger partial charge in [0.05, 0.1) is 11.9 Å². The van der Waals surface area contributed by atoms with Crippen molar-refractivity contribution < 1.29 is 13.2 Å². The third kappa shape index (κ3) is 5.53. The Bertz CT molecular complexity index is 639. The van der Waals surface area contributed by atoms with Crippen LogP contribution in [0.2, 0.25) is 0 Å². The van der Waals surface area contributed by atoms with Gasteiger partial charge in [-0.1, -0.05) is 45.9 Å². The Kier molecular flexibility index (Phi) is 6.62. The number of nitrogens with zero attached hydrogens (tertiary/aromatic N) is 1. The van der Waals surface area contributed by atoms with Crippen molar-refractivity contribution in [3.63, 3.8) is 0 Å². The molecule has 0 heterocycles. The summed E-state index contributed by atoms with van der Waals surface area (Å²) in [7, 11) is -3.55. The van der Waals surface area contributed by atoms with Gasteiger partial charge >= 0.3 is 0 Å². The molecule has 0 aliphatic heterocycles. The third-order valence-electron chi connectivity index (χ3n) is 3.90. The zero-order valence-corrected chi connectivity index (χ0v) is 15.6. The highest BCUT2D eigenvalue weighted by Gasteiger charge is 2.24. The first-order chi connectivity index (χ1) is 10.5. The minimum atomic E-state index is -3.55. The summed E-state index contributed by atoms with van der Waals surface area (Å²) in [5, 5.41) is 2.86. The van der Waals surface area contributed by atoms with E-state index >= 15 is 0 Å². The molecule has 0 saturated carbocycles. The second kappa shape index (κ2) is 7.81. The first kappa shape index (κ1) is 19.5. The number of hydrogen-bond acceptors (Lipinski definition) is 3. The van der Waals surface area contributed by atoms with Crippen molar-refractivity contribution in [2.45, 2.75) is 46.6 Å². The highest BCUT2D eigenvalue weighted by atomic mass is 32.2. The minimum Gasteiger partial charge on any atom is -0.352 e. The fourth-order valence-electron chi connectivity index (χ4n) is 2.18. The maximum Gasteiger partial charge on any atom is 0.240 e. The van der Waals surface area contributed by atoms with E-state index in [9.17, 15) is 13.2 Å². The molecule has 23 heavy (non-hydrogen) atoms. The van der Waals surface area contributed by atoms with Gasteiger partial charge in [0.15, 0.2) is 0 Å². The number of para-hydroxylation sites is 1. The van der Waals surface area contributed by atoms with Gasteiger partial charge in [-0.15, -0.1) is 0 Å². The zero-order valence-electron chi connectivity index (χ0n) is 14.8. The van der Waals surface area contributed by atoms with Crippen molar-refractivity contribution >= 4 is 21.6 Å². The van der Waals surface area contributed by atoms with E-state index in [0.717, 1.165) is 11.8 Å². The van der Waals surface area contributed by atoms with Crippen molar-refractivity contribution in [1.82, 2.24) is 5.32 Å². The molecule has 0 bridgehead atoms. The summed E-state index contributed by atoms with van der Waals surface area (Å²) in [6, 6.07) is 7.29. The molecular weight excluding hydrogens is 312 g/mol. The van der Waals surface area contributed by atoms with Crippen LogP contribution in [-0.2, 0) is 14.8 Å². The number of rotatable bonds is 7. The molecule has 6 heteroatoms. The maximum atomic E-state index is 12.3. The molecular formula is C17H28N2O3S. The lowest BCUT2D eigenvalue weighted by atomic mass is 10.0. The first-order valence-electron chi connectivity index (χ1n) is 7.90. The van der Waals surface area contributed by atoms with Crippen LogP contribution in [0.1, 0.15) is 46.1 Å². The predicted octanol–water partition coefficient (Wildman–Crippen LogP) is 2.74. The molecule has 1 rings (SSSR count). The summed E-state index contributed by atoms with van der Waals surface area (Å²) in [6.45, 7) is 9.72. The average Bonchev–Trinajstić information content (AvgIpc) is 2.43. The topological polar surface area (TPSA) is 66.5 Å². The van der Waals surface area contributed by atoms with Crippen LogP contribution in [0.25, 0.3) is 0 Å². The Morgan fingerprint density at radius 1 is 1.13 bits per heavy atom. The summed E-state index contributed by atoms with van der Waals surface area (Å²) in [4.78, 5) is 12.3. The number of amides is 1. The van der Waals surface area contributed by atoms with E-state index in [0.29, 0.717) is 5.69 Å². The van der Waals surface area contributed by atoms with Crippen molar-refractivity contribution in [1.29, 1.82) is 0 Å². The number of benzene rings is 1. The van der Waals surface area contributed by atoms with Crippen LogP contribution in [0.4, 0.5) is 5.69 Å². The fraction of sp³-hybridized carbons (Fsp3) is 0.588. The van der Waals surface area contributed by atoms with Gasteiger partial charge in [0.1, 0.15) is 6.54 Å². The lowest BCUT2D eigenvalue weighted by Gasteiger charge is -2.27.